The molecule has 0 saturated carbocycles. The molecule has 2 rings (SSSR count). The van der Waals surface area contributed by atoms with Gasteiger partial charge < -0.3 is 16.0 Å². The van der Waals surface area contributed by atoms with Gasteiger partial charge in [0.15, 0.2) is 5.03 Å². The van der Waals surface area contributed by atoms with Crippen LogP contribution >= 0.6 is 11.6 Å². The Labute approximate surface area is 167 Å². The van der Waals surface area contributed by atoms with Crippen molar-refractivity contribution in [2.75, 3.05) is 18.4 Å². The fraction of sp³-hybridized carbons (Fsp3) is 0.278. The van der Waals surface area contributed by atoms with E-state index >= 15 is 0 Å². The van der Waals surface area contributed by atoms with Crippen LogP contribution in [0.4, 0.5) is 5.69 Å². The fourth-order valence-corrected chi connectivity index (χ4v) is 2.29. The molecule has 0 bridgehead atoms. The Morgan fingerprint density at radius 1 is 1.21 bits per heavy atom. The van der Waals surface area contributed by atoms with E-state index in [-0.39, 0.29) is 11.9 Å². The van der Waals surface area contributed by atoms with Gasteiger partial charge in [-0.3, -0.25) is 9.78 Å². The number of nitrogens with one attached hydrogen (secondary N) is 3. The van der Waals surface area contributed by atoms with Gasteiger partial charge in [0, 0.05) is 29.9 Å². The molecule has 0 unspecified atom stereocenters. The predicted molar refractivity (Wildman–Crippen MR) is 108 cm³/mol. The molecule has 2 aromatic rings. The minimum Gasteiger partial charge on any atom is -0.351 e. The van der Waals surface area contributed by atoms with Crippen molar-refractivity contribution in [1.29, 1.82) is 0 Å². The van der Waals surface area contributed by atoms with Crippen LogP contribution in [0.1, 0.15) is 24.2 Å². The van der Waals surface area contributed by atoms with E-state index in [0.29, 0.717) is 29.4 Å². The maximum absolute atomic E-state index is 12.2. The number of carbonyl (C=O) groups is 1. The molecule has 1 aromatic carbocycles. The number of guanidine groups is 1. The minimum absolute atomic E-state index is 0.0184. The zero-order valence-electron chi connectivity index (χ0n) is 15.5. The third-order valence-corrected chi connectivity index (χ3v) is 3.93. The molecule has 0 aliphatic carbocycles. The first kappa shape index (κ1) is 21.1. The summed E-state index contributed by atoms with van der Waals surface area (Å²) in [7, 11) is 0. The quantitative estimate of drug-likeness (QED) is 0.282. The molecule has 1 heterocycles. The van der Waals surface area contributed by atoms with Crippen molar-refractivity contribution in [3.63, 3.8) is 0 Å². The predicted octanol–water partition coefficient (Wildman–Crippen LogP) is 2.74. The second kappa shape index (κ2) is 9.65. The van der Waals surface area contributed by atoms with E-state index < -0.39 is 10.4 Å². The second-order valence-corrected chi connectivity index (χ2v) is 7.20. The third kappa shape index (κ3) is 7.20. The largest absolute Gasteiger partial charge is 0.351 e. The van der Waals surface area contributed by atoms with E-state index in [1.165, 1.54) is 6.20 Å². The number of pyridine rings is 1. The van der Waals surface area contributed by atoms with E-state index in [1.807, 2.05) is 13.8 Å². The third-order valence-electron chi connectivity index (χ3n) is 3.67. The maximum Gasteiger partial charge on any atom is 0.273 e. The van der Waals surface area contributed by atoms with Crippen LogP contribution in [0.25, 0.3) is 0 Å². The highest BCUT2D eigenvalue weighted by atomic mass is 35.5. The van der Waals surface area contributed by atoms with Crippen molar-refractivity contribution < 1.29 is 9.83 Å². The second-order valence-electron chi connectivity index (χ2n) is 6.76. The van der Waals surface area contributed by atoms with Crippen LogP contribution in [-0.2, 0) is 0 Å². The summed E-state index contributed by atoms with van der Waals surface area (Å²) in [5.74, 6) is -0.243. The lowest BCUT2D eigenvalue weighted by Crippen LogP contribution is -2.44. The van der Waals surface area contributed by atoms with Crippen LogP contribution in [0, 0.1) is 15.5 Å². The topological polar surface area (TPSA) is 122 Å². The van der Waals surface area contributed by atoms with Crippen LogP contribution in [0.15, 0.2) is 53.9 Å². The Hall–Kier alpha value is -3.20. The molecule has 28 heavy (non-hydrogen) atoms. The van der Waals surface area contributed by atoms with Crippen LogP contribution in [0.3, 0.4) is 0 Å². The first-order valence-electron chi connectivity index (χ1n) is 8.43. The van der Waals surface area contributed by atoms with Gasteiger partial charge in [0.05, 0.1) is 11.9 Å². The highest BCUT2D eigenvalue weighted by molar-refractivity contribution is 6.30. The van der Waals surface area contributed by atoms with Crippen LogP contribution in [0.2, 0.25) is 5.02 Å². The summed E-state index contributed by atoms with van der Waals surface area (Å²) >= 11 is 5.82. The summed E-state index contributed by atoms with van der Waals surface area (Å²) in [4.78, 5) is 26.9. The number of anilines is 1. The van der Waals surface area contributed by atoms with Crippen molar-refractivity contribution in [3.8, 4) is 0 Å². The molecular weight excluding hydrogens is 384 g/mol. The molecule has 3 N–H and O–H groups in total. The summed E-state index contributed by atoms with van der Waals surface area (Å²) in [5, 5.41) is 22.4. The Morgan fingerprint density at radius 3 is 2.50 bits per heavy atom. The monoisotopic (exact) mass is 404 g/mol. The summed E-state index contributed by atoms with van der Waals surface area (Å²) in [6.45, 7) is 4.50. The van der Waals surface area contributed by atoms with Gasteiger partial charge in [0.1, 0.15) is 5.10 Å². The van der Waals surface area contributed by atoms with Gasteiger partial charge >= 0.3 is 0 Å². The highest BCUT2D eigenvalue weighted by Gasteiger charge is 2.21. The first-order valence-corrected chi connectivity index (χ1v) is 8.81. The number of hydrogen-bond donors (Lipinski definition) is 3. The van der Waals surface area contributed by atoms with Crippen molar-refractivity contribution in [1.82, 2.24) is 15.6 Å². The Kier molecular flexibility index (Phi) is 7.28. The Morgan fingerprint density at radius 2 is 1.89 bits per heavy atom. The summed E-state index contributed by atoms with van der Waals surface area (Å²) in [5.41, 5.74) is 0.655. The standard InChI is InChI=1S/C18H21ClN6O3/c1-18(2,11-21-16(26)13-5-7-14(19)8-6-13)12-22-17(24-25(27)28)23-15-4-3-9-20-10-15/h3-10H,11-12H2,1-2H3,(H,21,26)(H2,22,23,24). The zero-order chi connectivity index (χ0) is 20.6. The SMILES string of the molecule is CC(C)(CNC(=O)c1ccc(Cl)cc1)CNC(=N[N+](=O)[O-])Nc1cccnc1. The normalized spacial score (nSPS) is 11.6. The number of nitro groups is 1. The molecule has 9 nitrogen and oxygen atoms in total. The van der Waals surface area contributed by atoms with Crippen LogP contribution < -0.4 is 16.0 Å². The number of halogens is 1. The van der Waals surface area contributed by atoms with Gasteiger partial charge in [-0.25, -0.2) is 10.1 Å². The van der Waals surface area contributed by atoms with Gasteiger partial charge in [-0.2, -0.15) is 0 Å². The molecule has 0 fully saturated rings. The number of hydrazone groups is 1. The lowest BCUT2D eigenvalue weighted by atomic mass is 9.93. The van der Waals surface area contributed by atoms with Crippen molar-refractivity contribution >= 4 is 29.2 Å². The summed E-state index contributed by atoms with van der Waals surface area (Å²) in [6.07, 6.45) is 3.12. The molecule has 0 aliphatic rings. The molecule has 1 aromatic heterocycles. The van der Waals surface area contributed by atoms with E-state index in [1.54, 1.807) is 42.6 Å². The van der Waals surface area contributed by atoms with Crippen molar-refractivity contribution in [2.45, 2.75) is 13.8 Å². The average Bonchev–Trinajstić information content (AvgIpc) is 2.65. The lowest BCUT2D eigenvalue weighted by Gasteiger charge is -2.26. The summed E-state index contributed by atoms with van der Waals surface area (Å²) in [6, 6.07) is 9.98. The van der Waals surface area contributed by atoms with Gasteiger partial charge in [-0.15, -0.1) is 0 Å². The number of rotatable bonds is 7. The number of aromatic nitrogens is 1. The van der Waals surface area contributed by atoms with Crippen molar-refractivity contribution in [2.24, 2.45) is 10.5 Å². The van der Waals surface area contributed by atoms with Gasteiger partial charge in [0.25, 0.3) is 11.9 Å². The molecule has 0 saturated heterocycles. The van der Waals surface area contributed by atoms with Crippen LogP contribution in [-0.4, -0.2) is 35.0 Å². The highest BCUT2D eigenvalue weighted by Crippen LogP contribution is 2.14. The number of benzene rings is 1. The van der Waals surface area contributed by atoms with E-state index in [0.717, 1.165) is 0 Å². The molecule has 0 spiro atoms. The minimum atomic E-state index is -0.791. The van der Waals surface area contributed by atoms with E-state index in [9.17, 15) is 14.9 Å². The lowest BCUT2D eigenvalue weighted by molar-refractivity contribution is -0.485. The number of amides is 1. The van der Waals surface area contributed by atoms with Gasteiger partial charge in [-0.1, -0.05) is 25.4 Å². The number of hydrogen-bond acceptors (Lipinski definition) is 4. The molecule has 0 radical (unpaired) electrons. The fourth-order valence-electron chi connectivity index (χ4n) is 2.17. The molecule has 1 amide bonds. The van der Waals surface area contributed by atoms with Crippen LogP contribution in [0.5, 0.6) is 0 Å². The molecule has 0 aliphatic heterocycles. The first-order chi connectivity index (χ1) is 13.2. The average molecular weight is 405 g/mol. The molecule has 148 valence electrons. The zero-order valence-corrected chi connectivity index (χ0v) is 16.2. The maximum atomic E-state index is 12.2. The van der Waals surface area contributed by atoms with E-state index in [2.05, 4.69) is 26.0 Å². The molecule has 0 atom stereocenters. The Balaban J connectivity index is 1.92. The van der Waals surface area contributed by atoms with Gasteiger partial charge in [0.2, 0.25) is 0 Å². The van der Waals surface area contributed by atoms with E-state index in [4.69, 9.17) is 11.6 Å². The van der Waals surface area contributed by atoms with Gasteiger partial charge in [-0.05, 0) is 41.8 Å². The number of carbonyl (C=O) groups excluding carboxylic acids is 1. The number of nitrogens with zero attached hydrogens (tertiary/aromatic N) is 3. The van der Waals surface area contributed by atoms with Crippen molar-refractivity contribution in [3.05, 3.63) is 69.5 Å². The Bertz CT molecular complexity index is 840. The summed E-state index contributed by atoms with van der Waals surface area (Å²) < 4.78 is 0. The smallest absolute Gasteiger partial charge is 0.273 e. The molecule has 10 heteroatoms. The molecular formula is C18H21ClN6O3.